The van der Waals surface area contributed by atoms with Crippen LogP contribution in [0.3, 0.4) is 0 Å². The Morgan fingerprint density at radius 1 is 1.38 bits per heavy atom. The summed E-state index contributed by atoms with van der Waals surface area (Å²) in [6.07, 6.45) is 2.81. The number of thiocarbonyl (C=S) groups is 1. The third-order valence-corrected chi connectivity index (χ3v) is 5.52. The Bertz CT molecular complexity index is 842. The monoisotopic (exact) mass is 343 g/mol. The number of methoxy groups -OCH3 is 1. The maximum absolute atomic E-state index is 11.5. The minimum Gasteiger partial charge on any atom is -0.453 e. The fraction of sp³-hybridized carbons (Fsp3) is 0.444. The second-order valence-electron chi connectivity index (χ2n) is 6.56. The molecule has 0 saturated heterocycles. The fourth-order valence-corrected chi connectivity index (χ4v) is 4.47. The van der Waals surface area contributed by atoms with Crippen LogP contribution in [-0.2, 0) is 17.7 Å². The summed E-state index contributed by atoms with van der Waals surface area (Å²) in [7, 11) is 1.35. The number of hydrogen-bond acceptors (Lipinski definition) is 3. The number of aryl methyl sites for hydroxylation is 2. The number of fused-ring (bicyclic) bond motifs is 3. The normalized spacial score (nSPS) is 19.1. The number of carbonyl (C=O) groups is 1. The summed E-state index contributed by atoms with van der Waals surface area (Å²) < 4.78 is 7.13. The van der Waals surface area contributed by atoms with E-state index in [9.17, 15) is 4.79 Å². The molecule has 0 saturated carbocycles. The molecule has 1 atom stereocenters. The zero-order valence-electron chi connectivity index (χ0n) is 14.0. The van der Waals surface area contributed by atoms with Crippen molar-refractivity contribution in [3.63, 3.8) is 0 Å². The molecule has 126 valence electrons. The van der Waals surface area contributed by atoms with Crippen molar-refractivity contribution in [1.82, 2.24) is 14.8 Å². The van der Waals surface area contributed by atoms with E-state index in [2.05, 4.69) is 44.6 Å². The first kappa shape index (κ1) is 15.4. The second-order valence-corrected chi connectivity index (χ2v) is 6.95. The lowest BCUT2D eigenvalue weighted by Crippen LogP contribution is -2.49. The molecule has 2 aromatic rings. The van der Waals surface area contributed by atoms with Crippen molar-refractivity contribution in [3.05, 3.63) is 35.0 Å². The van der Waals surface area contributed by atoms with Gasteiger partial charge in [-0.1, -0.05) is 11.6 Å². The Labute approximate surface area is 146 Å². The van der Waals surface area contributed by atoms with Gasteiger partial charge >= 0.3 is 6.09 Å². The molecule has 2 heterocycles. The molecule has 0 fully saturated rings. The first-order chi connectivity index (χ1) is 11.6. The lowest BCUT2D eigenvalue weighted by atomic mass is 9.89. The van der Waals surface area contributed by atoms with E-state index < -0.39 is 6.09 Å². The highest BCUT2D eigenvalue weighted by molar-refractivity contribution is 7.80. The molecule has 5 nitrogen and oxygen atoms in total. The van der Waals surface area contributed by atoms with E-state index in [1.807, 2.05) is 0 Å². The van der Waals surface area contributed by atoms with Crippen molar-refractivity contribution in [1.29, 1.82) is 0 Å². The third kappa shape index (κ3) is 2.28. The Morgan fingerprint density at radius 2 is 2.21 bits per heavy atom. The predicted molar refractivity (Wildman–Crippen MR) is 97.2 cm³/mol. The van der Waals surface area contributed by atoms with Gasteiger partial charge in [0.1, 0.15) is 0 Å². The number of nitrogens with zero attached hydrogens (tertiary/aromatic N) is 2. The van der Waals surface area contributed by atoms with Gasteiger partial charge in [-0.05, 0) is 56.1 Å². The van der Waals surface area contributed by atoms with E-state index in [1.165, 1.54) is 34.8 Å². The van der Waals surface area contributed by atoms with Gasteiger partial charge < -0.3 is 14.2 Å². The summed E-state index contributed by atoms with van der Waals surface area (Å²) in [5.41, 5.74) is 5.45. The van der Waals surface area contributed by atoms with Crippen molar-refractivity contribution < 1.29 is 9.53 Å². The van der Waals surface area contributed by atoms with Crippen LogP contribution in [0.5, 0.6) is 0 Å². The van der Waals surface area contributed by atoms with Crippen molar-refractivity contribution in [2.45, 2.75) is 38.8 Å². The average Bonchev–Trinajstić information content (AvgIpc) is 2.90. The minimum absolute atomic E-state index is 0.236. The molecule has 1 aromatic carbocycles. The van der Waals surface area contributed by atoms with Gasteiger partial charge in [-0.3, -0.25) is 5.32 Å². The Morgan fingerprint density at radius 3 is 3.00 bits per heavy atom. The van der Waals surface area contributed by atoms with Crippen LogP contribution >= 0.6 is 12.2 Å². The minimum atomic E-state index is -0.502. The van der Waals surface area contributed by atoms with Gasteiger partial charge in [-0.2, -0.15) is 0 Å². The lowest BCUT2D eigenvalue weighted by Gasteiger charge is -2.41. The van der Waals surface area contributed by atoms with Gasteiger partial charge in [0.25, 0.3) is 0 Å². The number of amides is 1. The molecule has 0 radical (unpaired) electrons. The van der Waals surface area contributed by atoms with E-state index in [0.29, 0.717) is 5.11 Å². The van der Waals surface area contributed by atoms with Crippen LogP contribution in [0.15, 0.2) is 18.2 Å². The van der Waals surface area contributed by atoms with Gasteiger partial charge in [0, 0.05) is 29.7 Å². The number of nitrogens with one attached hydrogen (secondary N) is 1. The van der Waals surface area contributed by atoms with E-state index in [4.69, 9.17) is 12.2 Å². The van der Waals surface area contributed by atoms with Crippen LogP contribution < -0.4 is 5.32 Å². The van der Waals surface area contributed by atoms with Crippen LogP contribution in [0.4, 0.5) is 4.79 Å². The highest BCUT2D eigenvalue weighted by atomic mass is 32.1. The number of aromatic nitrogens is 1. The molecular formula is C18H21N3O2S. The van der Waals surface area contributed by atoms with Crippen LogP contribution in [-0.4, -0.2) is 34.3 Å². The molecule has 24 heavy (non-hydrogen) atoms. The SMILES string of the molecule is COC(=O)NC(=S)N1CCn2c3c(c4cc(C)ccc42)CCC[C@H]31. The fourth-order valence-electron chi connectivity index (χ4n) is 4.17. The average molecular weight is 343 g/mol. The third-order valence-electron chi connectivity index (χ3n) is 5.18. The number of carbonyl (C=O) groups excluding carboxylic acids is 1. The molecule has 4 rings (SSSR count). The first-order valence-corrected chi connectivity index (χ1v) is 8.78. The zero-order valence-corrected chi connectivity index (χ0v) is 14.8. The van der Waals surface area contributed by atoms with E-state index in [1.54, 1.807) is 0 Å². The molecule has 1 N–H and O–H groups in total. The molecular weight excluding hydrogens is 322 g/mol. The van der Waals surface area contributed by atoms with Crippen molar-refractivity contribution in [3.8, 4) is 0 Å². The highest BCUT2D eigenvalue weighted by Crippen LogP contribution is 2.42. The molecule has 1 aliphatic heterocycles. The maximum Gasteiger partial charge on any atom is 0.413 e. The summed E-state index contributed by atoms with van der Waals surface area (Å²) in [6.45, 7) is 3.83. The predicted octanol–water partition coefficient (Wildman–Crippen LogP) is 3.28. The molecule has 0 bridgehead atoms. The standard InChI is InChI=1S/C18H21N3O2S/c1-11-6-7-14-13(10-11)12-4-3-5-15-16(12)20(14)8-9-21(15)17(24)19-18(22)23-2/h6-7,10,15H,3-5,8-9H2,1-2H3,(H,19,22,24)/t15-/m1/s1. The number of alkyl carbamates (subject to hydrolysis) is 1. The number of rotatable bonds is 0. The zero-order chi connectivity index (χ0) is 16.8. The topological polar surface area (TPSA) is 46.5 Å². The molecule has 6 heteroatoms. The Hall–Kier alpha value is -2.08. The van der Waals surface area contributed by atoms with E-state index in [0.717, 1.165) is 32.4 Å². The van der Waals surface area contributed by atoms with Gasteiger partial charge in [0.2, 0.25) is 0 Å². The van der Waals surface area contributed by atoms with Crippen molar-refractivity contribution in [2.24, 2.45) is 0 Å². The second kappa shape index (κ2) is 5.77. The Balaban J connectivity index is 1.77. The largest absolute Gasteiger partial charge is 0.453 e. The number of benzene rings is 1. The summed E-state index contributed by atoms with van der Waals surface area (Å²) >= 11 is 5.46. The Kier molecular flexibility index (Phi) is 3.72. The molecule has 2 aliphatic rings. The van der Waals surface area contributed by atoms with Gasteiger partial charge in [0.15, 0.2) is 5.11 Å². The lowest BCUT2D eigenvalue weighted by molar-refractivity contribution is 0.172. The number of hydrogen-bond donors (Lipinski definition) is 1. The van der Waals surface area contributed by atoms with Crippen LogP contribution in [0, 0.1) is 6.92 Å². The first-order valence-electron chi connectivity index (χ1n) is 8.37. The van der Waals surface area contributed by atoms with Crippen molar-refractivity contribution in [2.75, 3.05) is 13.7 Å². The maximum atomic E-state index is 11.5. The summed E-state index contributed by atoms with van der Waals surface area (Å²) in [5.74, 6) is 0. The molecule has 0 spiro atoms. The molecule has 1 aromatic heterocycles. The molecule has 1 amide bonds. The quantitative estimate of drug-likeness (QED) is 0.746. The summed E-state index contributed by atoms with van der Waals surface area (Å²) in [4.78, 5) is 13.7. The van der Waals surface area contributed by atoms with Gasteiger partial charge in [-0.25, -0.2) is 4.79 Å². The molecule has 1 aliphatic carbocycles. The van der Waals surface area contributed by atoms with Crippen LogP contribution in [0.2, 0.25) is 0 Å². The van der Waals surface area contributed by atoms with E-state index >= 15 is 0 Å². The summed E-state index contributed by atoms with van der Waals surface area (Å²) in [6, 6.07) is 6.95. The highest BCUT2D eigenvalue weighted by Gasteiger charge is 2.36. The van der Waals surface area contributed by atoms with Gasteiger partial charge in [0.05, 0.1) is 13.2 Å². The summed E-state index contributed by atoms with van der Waals surface area (Å²) in [5, 5.41) is 4.51. The number of ether oxygens (including phenoxy) is 1. The van der Waals surface area contributed by atoms with Crippen molar-refractivity contribution >= 4 is 34.3 Å². The van der Waals surface area contributed by atoms with Gasteiger partial charge in [-0.15, -0.1) is 0 Å². The molecule has 0 unspecified atom stereocenters. The van der Waals surface area contributed by atoms with Crippen LogP contribution in [0.25, 0.3) is 10.9 Å². The van der Waals surface area contributed by atoms with Crippen LogP contribution in [0.1, 0.15) is 35.7 Å². The smallest absolute Gasteiger partial charge is 0.413 e. The van der Waals surface area contributed by atoms with E-state index in [-0.39, 0.29) is 6.04 Å².